The van der Waals surface area contributed by atoms with Crippen LogP contribution < -0.4 is 0 Å². The molecule has 2 fully saturated rings. The maximum atomic E-state index is 9.85. The molecule has 0 radical (unpaired) electrons. The average Bonchev–Trinajstić information content (AvgIpc) is 3.25. The molecule has 2 saturated carbocycles. The Morgan fingerprint density at radius 2 is 1.02 bits per heavy atom. The summed E-state index contributed by atoms with van der Waals surface area (Å²) in [5, 5.41) is 14.3. The number of benzene rings is 7. The summed E-state index contributed by atoms with van der Waals surface area (Å²) < 4.78 is 0. The highest BCUT2D eigenvalue weighted by atomic mass is 15.0. The lowest BCUT2D eigenvalue weighted by molar-refractivity contribution is 0.0780. The maximum absolute atomic E-state index is 9.85. The van der Waals surface area contributed by atoms with Gasteiger partial charge in [0.2, 0.25) is 0 Å². The van der Waals surface area contributed by atoms with E-state index in [0.717, 1.165) is 78.2 Å². The van der Waals surface area contributed by atoms with Gasteiger partial charge in [-0.2, -0.15) is 5.26 Å². The molecule has 2 bridgehead atoms. The van der Waals surface area contributed by atoms with Gasteiger partial charge >= 0.3 is 0 Å². The van der Waals surface area contributed by atoms with Gasteiger partial charge in [0, 0.05) is 16.7 Å². The molecule has 0 saturated heterocycles. The minimum atomic E-state index is 0.268. The van der Waals surface area contributed by atoms with Crippen molar-refractivity contribution in [2.45, 2.75) is 51.4 Å². The summed E-state index contributed by atoms with van der Waals surface area (Å²) in [6.07, 6.45) is 6.61. The van der Waals surface area contributed by atoms with E-state index in [9.17, 15) is 5.26 Å². The summed E-state index contributed by atoms with van der Waals surface area (Å²) >= 11 is 0. The lowest BCUT2D eigenvalue weighted by Crippen LogP contribution is -2.42. The predicted molar refractivity (Wildman–Crippen MR) is 233 cm³/mol. The van der Waals surface area contributed by atoms with Crippen LogP contribution in [0.15, 0.2) is 152 Å². The van der Waals surface area contributed by atoms with Crippen LogP contribution in [0.1, 0.15) is 57.1 Å². The van der Waals surface area contributed by atoms with Gasteiger partial charge in [-0.3, -0.25) is 0 Å². The van der Waals surface area contributed by atoms with E-state index in [4.69, 9.17) is 15.0 Å². The van der Waals surface area contributed by atoms with Gasteiger partial charge in [-0.05, 0) is 135 Å². The first-order valence-corrected chi connectivity index (χ1v) is 20.4. The Morgan fingerprint density at radius 1 is 0.491 bits per heavy atom. The number of fused-ring (bicyclic) bond motifs is 4. The Balaban J connectivity index is 1.16. The third-order valence-electron chi connectivity index (χ3n) is 12.7. The third kappa shape index (κ3) is 6.58. The molecular formula is C53H44N4. The molecule has 0 N–H and O–H groups in total. The summed E-state index contributed by atoms with van der Waals surface area (Å²) in [5.74, 6) is 4.21. The lowest BCUT2D eigenvalue weighted by atomic mass is 9.54. The van der Waals surface area contributed by atoms with E-state index < -0.39 is 0 Å². The van der Waals surface area contributed by atoms with Crippen molar-refractivity contribution in [3.05, 3.63) is 163 Å². The van der Waals surface area contributed by atoms with Crippen molar-refractivity contribution in [3.63, 3.8) is 0 Å². The smallest absolute Gasteiger partial charge is 0.164 e. The zero-order valence-corrected chi connectivity index (χ0v) is 32.5. The van der Waals surface area contributed by atoms with Crippen molar-refractivity contribution in [2.24, 2.45) is 17.8 Å². The van der Waals surface area contributed by atoms with Crippen molar-refractivity contribution < 1.29 is 0 Å². The highest BCUT2D eigenvalue weighted by Crippen LogP contribution is 2.54. The highest BCUT2D eigenvalue weighted by molar-refractivity contribution is 5.97. The van der Waals surface area contributed by atoms with Crippen LogP contribution in [0.25, 0.3) is 78.0 Å². The fourth-order valence-corrected chi connectivity index (χ4v) is 10.5. The molecule has 4 nitrogen and oxygen atoms in total. The quantitative estimate of drug-likeness (QED) is 0.170. The van der Waals surface area contributed by atoms with Gasteiger partial charge in [-0.1, -0.05) is 135 Å². The standard InChI is InChI=1S/C53H44N4/c1-34-24-37-25-35(2)31-53(30-34,32-37)45-22-20-38(21-23-45)42-27-43(41-15-7-10-36(26-41)33-54)29-44(28-42)50-55-51(48-18-8-13-39-11-3-5-16-46(39)48)57-52(56-50)49-19-9-14-40-12-4-6-17-47(40)49/h3-23,26-29,34-35,37H,24-25,30-32H2,1-2H3/t34-,35+,37?,53?. The number of hydrogen-bond donors (Lipinski definition) is 0. The summed E-state index contributed by atoms with van der Waals surface area (Å²) in [6.45, 7) is 4.91. The van der Waals surface area contributed by atoms with Gasteiger partial charge in [-0.25, -0.2) is 15.0 Å². The van der Waals surface area contributed by atoms with Gasteiger partial charge in [0.1, 0.15) is 0 Å². The first-order valence-electron chi connectivity index (χ1n) is 20.4. The van der Waals surface area contributed by atoms with Crippen LogP contribution in [0.3, 0.4) is 0 Å². The zero-order valence-electron chi connectivity index (χ0n) is 32.5. The van der Waals surface area contributed by atoms with Crippen LogP contribution in [-0.4, -0.2) is 15.0 Å². The summed E-state index contributed by atoms with van der Waals surface area (Å²) in [7, 11) is 0. The molecule has 57 heavy (non-hydrogen) atoms. The normalized spacial score (nSPS) is 20.3. The van der Waals surface area contributed by atoms with E-state index in [1.807, 2.05) is 18.2 Å². The Labute approximate surface area is 334 Å². The van der Waals surface area contributed by atoms with Crippen LogP contribution in [0.5, 0.6) is 0 Å². The van der Waals surface area contributed by atoms with E-state index in [-0.39, 0.29) is 5.41 Å². The molecule has 10 rings (SSSR count). The predicted octanol–water partition coefficient (Wildman–Crippen LogP) is 13.5. The minimum Gasteiger partial charge on any atom is -0.208 e. The van der Waals surface area contributed by atoms with Gasteiger partial charge in [0.25, 0.3) is 0 Å². The Morgan fingerprint density at radius 3 is 1.63 bits per heavy atom. The van der Waals surface area contributed by atoms with Crippen LogP contribution in [0.4, 0.5) is 0 Å². The van der Waals surface area contributed by atoms with Crippen molar-refractivity contribution in [1.82, 2.24) is 15.0 Å². The minimum absolute atomic E-state index is 0.268. The molecule has 2 unspecified atom stereocenters. The van der Waals surface area contributed by atoms with E-state index in [1.165, 1.54) is 37.7 Å². The largest absolute Gasteiger partial charge is 0.208 e. The average molecular weight is 737 g/mol. The molecule has 4 heteroatoms. The molecule has 4 atom stereocenters. The fraction of sp³-hybridized carbons (Fsp3) is 0.208. The summed E-state index contributed by atoms with van der Waals surface area (Å²) in [4.78, 5) is 15.8. The van der Waals surface area contributed by atoms with E-state index in [1.54, 1.807) is 0 Å². The number of nitriles is 1. The first kappa shape index (κ1) is 35.0. The van der Waals surface area contributed by atoms with E-state index >= 15 is 0 Å². The zero-order chi connectivity index (χ0) is 38.5. The highest BCUT2D eigenvalue weighted by Gasteiger charge is 2.45. The second-order valence-corrected chi connectivity index (χ2v) is 16.9. The first-order chi connectivity index (χ1) is 27.9. The van der Waals surface area contributed by atoms with Crippen molar-refractivity contribution >= 4 is 21.5 Å². The van der Waals surface area contributed by atoms with Gasteiger partial charge in [-0.15, -0.1) is 0 Å². The molecule has 0 aliphatic heterocycles. The fourth-order valence-electron chi connectivity index (χ4n) is 10.5. The van der Waals surface area contributed by atoms with E-state index in [2.05, 4.69) is 153 Å². The second kappa shape index (κ2) is 14.3. The monoisotopic (exact) mass is 736 g/mol. The number of hydrogen-bond acceptors (Lipinski definition) is 4. The summed E-state index contributed by atoms with van der Waals surface area (Å²) in [6, 6.07) is 55.7. The Hall–Kier alpha value is -6.44. The second-order valence-electron chi connectivity index (χ2n) is 16.9. The molecule has 7 aromatic carbocycles. The third-order valence-corrected chi connectivity index (χ3v) is 12.7. The molecule has 2 aliphatic carbocycles. The number of nitrogens with zero attached hydrogens (tertiary/aromatic N) is 4. The molecular weight excluding hydrogens is 693 g/mol. The van der Waals surface area contributed by atoms with Gasteiger partial charge in [0.15, 0.2) is 17.5 Å². The Kier molecular flexibility index (Phi) is 8.75. The van der Waals surface area contributed by atoms with Crippen molar-refractivity contribution in [3.8, 4) is 62.5 Å². The molecule has 8 aromatic rings. The molecule has 1 aromatic heterocycles. The molecule has 2 aliphatic rings. The SMILES string of the molecule is C[C@@H]1CC2C[C@H](C)CC(c3ccc(-c4cc(-c5cccc(C#N)c5)cc(-c5nc(-c6cccc7ccccc67)nc(-c6cccc7ccccc67)n5)c4)cc3)(C2)C1. The van der Waals surface area contributed by atoms with E-state index in [0.29, 0.717) is 23.0 Å². The van der Waals surface area contributed by atoms with Crippen molar-refractivity contribution in [1.29, 1.82) is 5.26 Å². The van der Waals surface area contributed by atoms with Crippen LogP contribution in [-0.2, 0) is 5.41 Å². The molecule has 276 valence electrons. The van der Waals surface area contributed by atoms with Gasteiger partial charge < -0.3 is 0 Å². The topological polar surface area (TPSA) is 62.5 Å². The lowest BCUT2D eigenvalue weighted by Gasteiger charge is -2.50. The number of rotatable bonds is 6. The molecule has 1 heterocycles. The van der Waals surface area contributed by atoms with Gasteiger partial charge in [0.05, 0.1) is 11.6 Å². The Bertz CT molecular complexity index is 2720. The van der Waals surface area contributed by atoms with Crippen LogP contribution >= 0.6 is 0 Å². The molecule has 0 spiro atoms. The van der Waals surface area contributed by atoms with Crippen LogP contribution in [0, 0.1) is 29.1 Å². The summed E-state index contributed by atoms with van der Waals surface area (Å²) in [5.41, 5.74) is 9.41. The molecule has 0 amide bonds. The number of aromatic nitrogens is 3. The van der Waals surface area contributed by atoms with Crippen LogP contribution in [0.2, 0.25) is 0 Å². The maximum Gasteiger partial charge on any atom is 0.164 e. The van der Waals surface area contributed by atoms with Crippen molar-refractivity contribution in [2.75, 3.05) is 0 Å².